The van der Waals surface area contributed by atoms with E-state index in [2.05, 4.69) is 11.8 Å². The maximum atomic E-state index is 10.5. The van der Waals surface area contributed by atoms with Crippen LogP contribution < -0.4 is 0 Å². The number of hydrogen-bond acceptors (Lipinski definition) is 3. The number of hydrogen-bond donors (Lipinski definition) is 0. The highest BCUT2D eigenvalue weighted by Crippen LogP contribution is 2.05. The third kappa shape index (κ3) is 7.48. The fourth-order valence-electron chi connectivity index (χ4n) is 1.16. The van der Waals surface area contributed by atoms with Gasteiger partial charge in [-0.3, -0.25) is 4.79 Å². The molecule has 3 heteroatoms. The summed E-state index contributed by atoms with van der Waals surface area (Å²) in [5, 5.41) is 2.01. The van der Waals surface area contributed by atoms with Gasteiger partial charge in [-0.15, -0.1) is 11.3 Å². The van der Waals surface area contributed by atoms with E-state index >= 15 is 0 Å². The summed E-state index contributed by atoms with van der Waals surface area (Å²) in [6, 6.07) is 3.98. The highest BCUT2D eigenvalue weighted by molar-refractivity contribution is 7.10. The van der Waals surface area contributed by atoms with E-state index in [-0.39, 0.29) is 5.97 Å². The van der Waals surface area contributed by atoms with Crippen LogP contribution in [0.15, 0.2) is 41.8 Å². The van der Waals surface area contributed by atoms with E-state index in [1.165, 1.54) is 6.92 Å². The lowest BCUT2D eigenvalue weighted by molar-refractivity contribution is -0.141. The molecule has 94 valence electrons. The zero-order chi connectivity index (χ0) is 13.1. The second kappa shape index (κ2) is 9.26. The van der Waals surface area contributed by atoms with Crippen molar-refractivity contribution in [2.75, 3.05) is 6.61 Å². The van der Waals surface area contributed by atoms with Gasteiger partial charge in [0.2, 0.25) is 0 Å². The molecule has 0 spiro atoms. The van der Waals surface area contributed by atoms with Crippen LogP contribution in [0.25, 0.3) is 0 Å². The molecule has 1 aromatic rings. The van der Waals surface area contributed by atoms with Crippen molar-refractivity contribution >= 4 is 17.3 Å². The molecule has 1 aromatic heterocycles. The first-order valence-electron chi connectivity index (χ1n) is 5.79. The summed E-state index contributed by atoms with van der Waals surface area (Å²) in [6.45, 7) is 1.91. The quantitative estimate of drug-likeness (QED) is 0.350. The van der Waals surface area contributed by atoms with Crippen molar-refractivity contribution in [3.05, 3.63) is 46.7 Å². The lowest BCUT2D eigenvalue weighted by Crippen LogP contribution is -1.99. The minimum Gasteiger partial charge on any atom is -0.466 e. The van der Waals surface area contributed by atoms with Crippen LogP contribution in [-0.4, -0.2) is 12.6 Å². The number of thiophene rings is 1. The SMILES string of the molecule is CC(=O)OCCCC=CC=CC#Cc1cccs1. The molecule has 0 aliphatic heterocycles. The highest BCUT2D eigenvalue weighted by atomic mass is 32.1. The van der Waals surface area contributed by atoms with Crippen molar-refractivity contribution < 1.29 is 9.53 Å². The molecule has 1 rings (SSSR count). The van der Waals surface area contributed by atoms with Gasteiger partial charge in [0.25, 0.3) is 0 Å². The summed E-state index contributed by atoms with van der Waals surface area (Å²) in [7, 11) is 0. The van der Waals surface area contributed by atoms with Gasteiger partial charge in [-0.2, -0.15) is 0 Å². The van der Waals surface area contributed by atoms with Gasteiger partial charge < -0.3 is 4.74 Å². The van der Waals surface area contributed by atoms with Crippen molar-refractivity contribution in [1.29, 1.82) is 0 Å². The Morgan fingerprint density at radius 2 is 2.39 bits per heavy atom. The Kier molecular flexibility index (Phi) is 7.34. The van der Waals surface area contributed by atoms with Crippen LogP contribution in [0.1, 0.15) is 24.6 Å². The zero-order valence-electron chi connectivity index (χ0n) is 10.4. The first-order chi connectivity index (χ1) is 8.79. The normalized spacial score (nSPS) is 10.5. The molecule has 0 saturated heterocycles. The van der Waals surface area contributed by atoms with Crippen molar-refractivity contribution in [1.82, 2.24) is 0 Å². The topological polar surface area (TPSA) is 26.3 Å². The summed E-state index contributed by atoms with van der Waals surface area (Å²) in [5.41, 5.74) is 0. The Hall–Kier alpha value is -1.79. The fourth-order valence-corrected chi connectivity index (χ4v) is 1.74. The molecule has 18 heavy (non-hydrogen) atoms. The monoisotopic (exact) mass is 260 g/mol. The van der Waals surface area contributed by atoms with Crippen molar-refractivity contribution in [2.45, 2.75) is 19.8 Å². The predicted molar refractivity (Wildman–Crippen MR) is 75.3 cm³/mol. The van der Waals surface area contributed by atoms with Gasteiger partial charge in [-0.25, -0.2) is 0 Å². The molecular weight excluding hydrogens is 244 g/mol. The number of ether oxygens (including phenoxy) is 1. The molecule has 0 radical (unpaired) electrons. The van der Waals surface area contributed by atoms with E-state index in [0.29, 0.717) is 6.61 Å². The summed E-state index contributed by atoms with van der Waals surface area (Å²) in [4.78, 5) is 11.6. The summed E-state index contributed by atoms with van der Waals surface area (Å²) >= 11 is 1.64. The number of rotatable bonds is 5. The minimum absolute atomic E-state index is 0.220. The van der Waals surface area contributed by atoms with Gasteiger partial charge in [0, 0.05) is 6.92 Å². The van der Waals surface area contributed by atoms with Crippen molar-refractivity contribution in [2.24, 2.45) is 0 Å². The summed E-state index contributed by atoms with van der Waals surface area (Å²) < 4.78 is 4.82. The van der Waals surface area contributed by atoms with Gasteiger partial charge in [-0.05, 0) is 30.4 Å². The van der Waals surface area contributed by atoms with E-state index in [9.17, 15) is 4.79 Å². The van der Waals surface area contributed by atoms with E-state index < -0.39 is 0 Å². The standard InChI is InChI=1S/C15H16O2S/c1-14(16)17-12-8-6-4-2-3-5-7-10-15-11-9-13-18-15/h2-5,9,11,13H,6,8,12H2,1H3. The third-order valence-electron chi connectivity index (χ3n) is 1.96. The number of esters is 1. The molecule has 0 aliphatic carbocycles. The average molecular weight is 260 g/mol. The Labute approximate surface area is 112 Å². The van der Waals surface area contributed by atoms with E-state index in [4.69, 9.17) is 4.74 Å². The molecule has 0 aliphatic rings. The maximum absolute atomic E-state index is 10.5. The highest BCUT2D eigenvalue weighted by Gasteiger charge is 1.89. The van der Waals surface area contributed by atoms with E-state index in [0.717, 1.165) is 17.7 Å². The van der Waals surface area contributed by atoms with E-state index in [1.807, 2.05) is 41.8 Å². The lowest BCUT2D eigenvalue weighted by Gasteiger charge is -1.97. The Bertz CT molecular complexity index is 458. The predicted octanol–water partition coefficient (Wildman–Crippen LogP) is 3.56. The van der Waals surface area contributed by atoms with Gasteiger partial charge in [0.15, 0.2) is 0 Å². The Morgan fingerprint density at radius 1 is 1.50 bits per heavy atom. The molecule has 0 saturated carbocycles. The van der Waals surface area contributed by atoms with Crippen LogP contribution in [0.4, 0.5) is 0 Å². The number of carbonyl (C=O) groups excluding carboxylic acids is 1. The fraction of sp³-hybridized carbons (Fsp3) is 0.267. The number of allylic oxidation sites excluding steroid dienone is 4. The van der Waals surface area contributed by atoms with Gasteiger partial charge in [-0.1, -0.05) is 36.1 Å². The van der Waals surface area contributed by atoms with Gasteiger partial charge in [0.1, 0.15) is 0 Å². The lowest BCUT2D eigenvalue weighted by atomic mass is 10.3. The van der Waals surface area contributed by atoms with Crippen LogP contribution in [0.5, 0.6) is 0 Å². The molecule has 0 aromatic carbocycles. The van der Waals surface area contributed by atoms with Gasteiger partial charge in [0.05, 0.1) is 11.5 Å². The largest absolute Gasteiger partial charge is 0.466 e. The second-order valence-electron chi connectivity index (χ2n) is 3.52. The zero-order valence-corrected chi connectivity index (χ0v) is 11.2. The summed E-state index contributed by atoms with van der Waals surface area (Å²) in [6.07, 6.45) is 9.47. The van der Waals surface area contributed by atoms with Crippen LogP contribution >= 0.6 is 11.3 Å². The third-order valence-corrected chi connectivity index (χ3v) is 2.75. The first kappa shape index (κ1) is 14.3. The average Bonchev–Trinajstić information content (AvgIpc) is 2.84. The van der Waals surface area contributed by atoms with Crippen LogP contribution in [0.3, 0.4) is 0 Å². The Balaban J connectivity index is 2.11. The molecule has 0 unspecified atom stereocenters. The molecule has 2 nitrogen and oxygen atoms in total. The van der Waals surface area contributed by atoms with Crippen molar-refractivity contribution in [3.63, 3.8) is 0 Å². The van der Waals surface area contributed by atoms with E-state index in [1.54, 1.807) is 11.3 Å². The Morgan fingerprint density at radius 3 is 3.11 bits per heavy atom. The summed E-state index contributed by atoms with van der Waals surface area (Å²) in [5.74, 6) is 5.78. The second-order valence-corrected chi connectivity index (χ2v) is 4.46. The molecule has 0 N–H and O–H groups in total. The van der Waals surface area contributed by atoms with Crippen molar-refractivity contribution in [3.8, 4) is 11.8 Å². The smallest absolute Gasteiger partial charge is 0.302 e. The van der Waals surface area contributed by atoms with Crippen LogP contribution in [0.2, 0.25) is 0 Å². The minimum atomic E-state index is -0.220. The molecule has 0 amide bonds. The van der Waals surface area contributed by atoms with Crippen LogP contribution in [0, 0.1) is 11.8 Å². The molecular formula is C15H16O2S. The first-order valence-corrected chi connectivity index (χ1v) is 6.67. The van der Waals surface area contributed by atoms with Gasteiger partial charge >= 0.3 is 5.97 Å². The number of carbonyl (C=O) groups is 1. The number of unbranched alkanes of at least 4 members (excludes halogenated alkanes) is 1. The van der Waals surface area contributed by atoms with Crippen LogP contribution in [-0.2, 0) is 9.53 Å². The molecule has 0 bridgehead atoms. The molecule has 1 heterocycles. The molecule has 0 atom stereocenters. The maximum Gasteiger partial charge on any atom is 0.302 e. The molecule has 0 fully saturated rings.